The molecule has 0 spiro atoms. The second kappa shape index (κ2) is 10.7. The molecule has 1 aliphatic carbocycles. The highest BCUT2D eigenvalue weighted by atomic mass is 35.5. The van der Waals surface area contributed by atoms with Crippen LogP contribution in [0.4, 0.5) is 5.69 Å². The minimum atomic E-state index is 0.0154. The van der Waals surface area contributed by atoms with Gasteiger partial charge in [-0.15, -0.1) is 0 Å². The zero-order valence-electron chi connectivity index (χ0n) is 20.2. The Morgan fingerprint density at radius 3 is 2.61 bits per heavy atom. The molecule has 2 aliphatic heterocycles. The predicted octanol–water partition coefficient (Wildman–Crippen LogP) is 4.62. The van der Waals surface area contributed by atoms with Crippen LogP contribution in [-0.2, 0) is 20.9 Å². The minimum Gasteiger partial charge on any atom is -0.378 e. The zero-order chi connectivity index (χ0) is 23.5. The zero-order valence-corrected chi connectivity index (χ0v) is 21.0. The third-order valence-electron chi connectivity index (χ3n) is 7.60. The minimum absolute atomic E-state index is 0.0154. The summed E-state index contributed by atoms with van der Waals surface area (Å²) >= 11 is 6.44. The van der Waals surface area contributed by atoms with Crippen LogP contribution in [0.15, 0.2) is 12.1 Å². The Hall–Kier alpha value is -1.63. The molecule has 2 amide bonds. The topological polar surface area (TPSA) is 61.9 Å². The van der Waals surface area contributed by atoms with Crippen molar-refractivity contribution in [3.05, 3.63) is 28.3 Å². The van der Waals surface area contributed by atoms with Gasteiger partial charge in [-0.3, -0.25) is 14.5 Å². The van der Waals surface area contributed by atoms with Crippen molar-refractivity contribution >= 4 is 29.1 Å². The molecular formula is C26H38ClN3O3. The first-order valence-corrected chi connectivity index (χ1v) is 12.9. The van der Waals surface area contributed by atoms with Crippen molar-refractivity contribution in [2.75, 3.05) is 31.6 Å². The molecule has 2 unspecified atom stereocenters. The number of anilines is 1. The Morgan fingerprint density at radius 2 is 1.94 bits per heavy atom. The third kappa shape index (κ3) is 6.09. The van der Waals surface area contributed by atoms with Gasteiger partial charge in [-0.05, 0) is 69.2 Å². The van der Waals surface area contributed by atoms with E-state index in [0.717, 1.165) is 62.3 Å². The highest BCUT2D eigenvalue weighted by molar-refractivity contribution is 6.31. The van der Waals surface area contributed by atoms with E-state index >= 15 is 0 Å². The lowest BCUT2D eigenvalue weighted by Crippen LogP contribution is -2.54. The Bertz CT molecular complexity index is 871. The fourth-order valence-electron chi connectivity index (χ4n) is 5.69. The van der Waals surface area contributed by atoms with Crippen LogP contribution in [0, 0.1) is 18.8 Å². The van der Waals surface area contributed by atoms with E-state index in [1.165, 1.54) is 12.8 Å². The molecule has 0 bridgehead atoms. The number of ether oxygens (including phenoxy) is 1. The SMILES string of the molecule is Cc1c(CN2CCN(C(=O)C3CCCC3)[C@@H](C)C2)cc(Cl)cc1NC(=O)CC1COC(C)C1. The first-order chi connectivity index (χ1) is 15.8. The van der Waals surface area contributed by atoms with E-state index in [-0.39, 0.29) is 29.9 Å². The molecule has 0 radical (unpaired) electrons. The Morgan fingerprint density at radius 1 is 1.18 bits per heavy atom. The summed E-state index contributed by atoms with van der Waals surface area (Å²) in [5, 5.41) is 3.71. The van der Waals surface area contributed by atoms with E-state index in [0.29, 0.717) is 24.0 Å². The Labute approximate surface area is 203 Å². The summed E-state index contributed by atoms with van der Waals surface area (Å²) < 4.78 is 5.59. The van der Waals surface area contributed by atoms with Gasteiger partial charge in [0.15, 0.2) is 0 Å². The Balaban J connectivity index is 1.36. The van der Waals surface area contributed by atoms with Gasteiger partial charge < -0.3 is 15.0 Å². The van der Waals surface area contributed by atoms with E-state index in [1.54, 1.807) is 0 Å². The van der Waals surface area contributed by atoms with E-state index in [2.05, 4.69) is 29.0 Å². The number of hydrogen-bond acceptors (Lipinski definition) is 4. The highest BCUT2D eigenvalue weighted by Gasteiger charge is 2.33. The number of piperazine rings is 1. The van der Waals surface area contributed by atoms with Crippen LogP contribution in [0.3, 0.4) is 0 Å². The number of rotatable bonds is 6. The van der Waals surface area contributed by atoms with Gasteiger partial charge in [0.2, 0.25) is 11.8 Å². The molecule has 1 aromatic rings. The average Bonchev–Trinajstić information content (AvgIpc) is 3.43. The number of amides is 2. The number of halogens is 1. The van der Waals surface area contributed by atoms with Gasteiger partial charge >= 0.3 is 0 Å². The summed E-state index contributed by atoms with van der Waals surface area (Å²) in [6.45, 7) is 10.2. The predicted molar refractivity (Wildman–Crippen MR) is 131 cm³/mol. The van der Waals surface area contributed by atoms with Crippen LogP contribution >= 0.6 is 11.6 Å². The maximum atomic E-state index is 12.9. The summed E-state index contributed by atoms with van der Waals surface area (Å²) in [6, 6.07) is 4.05. The van der Waals surface area contributed by atoms with Crippen LogP contribution < -0.4 is 5.32 Å². The lowest BCUT2D eigenvalue weighted by Gasteiger charge is -2.41. The fraction of sp³-hybridized carbons (Fsp3) is 0.692. The lowest BCUT2D eigenvalue weighted by molar-refractivity contribution is -0.140. The van der Waals surface area contributed by atoms with Crippen LogP contribution in [0.2, 0.25) is 5.02 Å². The molecule has 3 atom stereocenters. The van der Waals surface area contributed by atoms with E-state index in [4.69, 9.17) is 16.3 Å². The molecule has 7 heteroatoms. The van der Waals surface area contributed by atoms with E-state index < -0.39 is 0 Å². The van der Waals surface area contributed by atoms with Crippen molar-refractivity contribution in [2.45, 2.75) is 78.0 Å². The monoisotopic (exact) mass is 475 g/mol. The molecule has 1 N–H and O–H groups in total. The lowest BCUT2D eigenvalue weighted by atomic mass is 10.0. The molecule has 0 aromatic heterocycles. The van der Waals surface area contributed by atoms with Crippen LogP contribution in [0.25, 0.3) is 0 Å². The molecule has 1 saturated carbocycles. The van der Waals surface area contributed by atoms with E-state index in [1.807, 2.05) is 19.1 Å². The Kier molecular flexibility index (Phi) is 7.98. The van der Waals surface area contributed by atoms with Gasteiger partial charge in [-0.2, -0.15) is 0 Å². The first-order valence-electron chi connectivity index (χ1n) is 12.5. The largest absolute Gasteiger partial charge is 0.378 e. The van der Waals surface area contributed by atoms with Gasteiger partial charge in [0, 0.05) is 55.3 Å². The molecular weight excluding hydrogens is 438 g/mol. The van der Waals surface area contributed by atoms with Gasteiger partial charge in [-0.25, -0.2) is 0 Å². The first kappa shape index (κ1) is 24.5. The second-order valence-electron chi connectivity index (χ2n) is 10.3. The molecule has 33 heavy (non-hydrogen) atoms. The number of carbonyl (C=O) groups is 2. The molecule has 2 saturated heterocycles. The molecule has 182 valence electrons. The molecule has 2 heterocycles. The molecule has 1 aromatic carbocycles. The van der Waals surface area contributed by atoms with Gasteiger partial charge in [0.05, 0.1) is 12.7 Å². The molecule has 3 aliphatic rings. The number of hydrogen-bond donors (Lipinski definition) is 1. The quantitative estimate of drug-likeness (QED) is 0.651. The van der Waals surface area contributed by atoms with Crippen LogP contribution in [0.5, 0.6) is 0 Å². The van der Waals surface area contributed by atoms with Crippen molar-refractivity contribution in [3.8, 4) is 0 Å². The van der Waals surface area contributed by atoms with Crippen molar-refractivity contribution in [3.63, 3.8) is 0 Å². The highest BCUT2D eigenvalue weighted by Crippen LogP contribution is 2.30. The summed E-state index contributed by atoms with van der Waals surface area (Å²) in [7, 11) is 0. The van der Waals surface area contributed by atoms with Crippen molar-refractivity contribution in [2.24, 2.45) is 11.8 Å². The summed E-state index contributed by atoms with van der Waals surface area (Å²) in [5.41, 5.74) is 2.97. The van der Waals surface area contributed by atoms with Gasteiger partial charge in [0.1, 0.15) is 0 Å². The van der Waals surface area contributed by atoms with Crippen molar-refractivity contribution in [1.82, 2.24) is 9.80 Å². The van der Waals surface area contributed by atoms with Crippen LogP contribution in [-0.4, -0.2) is 60.0 Å². The maximum Gasteiger partial charge on any atom is 0.226 e. The second-order valence-corrected chi connectivity index (χ2v) is 10.8. The van der Waals surface area contributed by atoms with Crippen molar-refractivity contribution < 1.29 is 14.3 Å². The molecule has 6 nitrogen and oxygen atoms in total. The average molecular weight is 476 g/mol. The van der Waals surface area contributed by atoms with Crippen molar-refractivity contribution in [1.29, 1.82) is 0 Å². The number of nitrogens with one attached hydrogen (secondary N) is 1. The number of nitrogens with zero attached hydrogens (tertiary/aromatic N) is 2. The summed E-state index contributed by atoms with van der Waals surface area (Å²) in [6.07, 6.45) is 6.11. The van der Waals surface area contributed by atoms with E-state index in [9.17, 15) is 9.59 Å². The standard InChI is InChI=1S/C26H38ClN3O3/c1-17-14-29(8-9-30(17)26(32)21-6-4-5-7-21)15-22-12-23(27)13-24(19(22)3)28-25(31)11-20-10-18(2)33-16-20/h12-13,17-18,20-21H,4-11,14-16H2,1-3H3,(H,28,31)/t17-,18?,20?/m0/s1. The fourth-order valence-corrected chi connectivity index (χ4v) is 5.93. The number of carbonyl (C=O) groups excluding carboxylic acids is 2. The smallest absolute Gasteiger partial charge is 0.226 e. The maximum absolute atomic E-state index is 12.9. The van der Waals surface area contributed by atoms with Gasteiger partial charge in [0.25, 0.3) is 0 Å². The van der Waals surface area contributed by atoms with Crippen LogP contribution in [0.1, 0.15) is 63.5 Å². The number of benzene rings is 1. The molecule has 4 rings (SSSR count). The van der Waals surface area contributed by atoms with Gasteiger partial charge in [-0.1, -0.05) is 24.4 Å². The summed E-state index contributed by atoms with van der Waals surface area (Å²) in [4.78, 5) is 30.0. The third-order valence-corrected chi connectivity index (χ3v) is 7.82. The normalized spacial score (nSPS) is 26.7. The molecule has 3 fully saturated rings. The summed E-state index contributed by atoms with van der Waals surface area (Å²) in [5.74, 6) is 0.885.